The lowest BCUT2D eigenvalue weighted by Crippen LogP contribution is -2.53. The van der Waals surface area contributed by atoms with Gasteiger partial charge in [0.15, 0.2) is 0 Å². The van der Waals surface area contributed by atoms with Crippen LogP contribution < -0.4 is 10.3 Å². The van der Waals surface area contributed by atoms with Gasteiger partial charge in [0.05, 0.1) is 16.9 Å². The molecule has 1 saturated carbocycles. The van der Waals surface area contributed by atoms with E-state index in [4.69, 9.17) is 4.74 Å². The Balaban J connectivity index is 1.71. The number of pyridine rings is 2. The Labute approximate surface area is 194 Å². The molecular weight excluding hydrogens is 418 g/mol. The zero-order chi connectivity index (χ0) is 23.9. The molecule has 1 N–H and O–H groups in total. The lowest BCUT2D eigenvalue weighted by Gasteiger charge is -2.40. The highest BCUT2D eigenvalue weighted by atomic mass is 16.5. The van der Waals surface area contributed by atoms with Gasteiger partial charge in [-0.05, 0) is 69.5 Å². The van der Waals surface area contributed by atoms with Crippen molar-refractivity contribution in [3.05, 3.63) is 47.0 Å². The molecular formula is C26H33N3O4. The number of hydrogen-bond donors (Lipinski definition) is 1. The van der Waals surface area contributed by atoms with Gasteiger partial charge in [-0.25, -0.2) is 4.79 Å². The van der Waals surface area contributed by atoms with Crippen molar-refractivity contribution in [1.82, 2.24) is 14.5 Å². The van der Waals surface area contributed by atoms with E-state index in [0.717, 1.165) is 29.1 Å². The third-order valence-corrected chi connectivity index (χ3v) is 6.18. The summed E-state index contributed by atoms with van der Waals surface area (Å²) in [6, 6.07) is 7.61. The van der Waals surface area contributed by atoms with Crippen LogP contribution in [0.5, 0.6) is 5.75 Å². The Kier molecular flexibility index (Phi) is 6.08. The van der Waals surface area contributed by atoms with Crippen LogP contribution in [0.3, 0.4) is 0 Å². The highest BCUT2D eigenvalue weighted by Crippen LogP contribution is 2.38. The summed E-state index contributed by atoms with van der Waals surface area (Å²) in [6.07, 6.45) is 5.07. The molecule has 1 aliphatic carbocycles. The van der Waals surface area contributed by atoms with Crippen molar-refractivity contribution >= 4 is 27.8 Å². The zero-order valence-electron chi connectivity index (χ0n) is 20.0. The highest BCUT2D eigenvalue weighted by Gasteiger charge is 2.34. The van der Waals surface area contributed by atoms with E-state index < -0.39 is 11.6 Å². The first kappa shape index (κ1) is 23.1. The summed E-state index contributed by atoms with van der Waals surface area (Å²) in [4.78, 5) is 30.9. The van der Waals surface area contributed by atoms with Crippen LogP contribution in [-0.2, 0) is 0 Å². The van der Waals surface area contributed by atoms with Gasteiger partial charge in [0, 0.05) is 35.4 Å². The van der Waals surface area contributed by atoms with E-state index in [1.165, 1.54) is 4.90 Å². The number of aromatic nitrogens is 2. The Morgan fingerprint density at radius 1 is 1.21 bits per heavy atom. The Hall–Kier alpha value is -3.09. The lowest BCUT2D eigenvalue weighted by atomic mass is 9.97. The van der Waals surface area contributed by atoms with Crippen molar-refractivity contribution < 1.29 is 14.6 Å². The zero-order valence-corrected chi connectivity index (χ0v) is 20.0. The molecule has 0 aliphatic heterocycles. The summed E-state index contributed by atoms with van der Waals surface area (Å²) in [5.74, 6) is 0.956. The second-order valence-electron chi connectivity index (χ2n) is 10.4. The monoisotopic (exact) mass is 451 g/mol. The number of amides is 1. The number of fused-ring (bicyclic) bond motifs is 3. The molecule has 0 radical (unpaired) electrons. The molecule has 1 atom stereocenters. The van der Waals surface area contributed by atoms with Gasteiger partial charge in [0.1, 0.15) is 12.4 Å². The summed E-state index contributed by atoms with van der Waals surface area (Å²) in [7, 11) is 0. The topological polar surface area (TPSA) is 84.7 Å². The first-order valence-electron chi connectivity index (χ1n) is 11.6. The fourth-order valence-electron chi connectivity index (χ4n) is 4.74. The second-order valence-corrected chi connectivity index (χ2v) is 10.4. The molecule has 7 heteroatoms. The molecule has 33 heavy (non-hydrogen) atoms. The van der Waals surface area contributed by atoms with Crippen LogP contribution in [0.1, 0.15) is 59.9 Å². The minimum absolute atomic E-state index is 0.0206. The Morgan fingerprint density at radius 3 is 2.55 bits per heavy atom. The molecule has 176 valence electrons. The van der Waals surface area contributed by atoms with Crippen LogP contribution in [0, 0.1) is 5.92 Å². The number of rotatable bonds is 7. The highest BCUT2D eigenvalue weighted by molar-refractivity contribution is 6.05. The number of benzene rings is 1. The fraction of sp³-hybridized carbons (Fsp3) is 0.500. The smallest absolute Gasteiger partial charge is 0.408 e. The average molecular weight is 452 g/mol. The number of ether oxygens (including phenoxy) is 1. The fourth-order valence-corrected chi connectivity index (χ4v) is 4.74. The van der Waals surface area contributed by atoms with E-state index in [-0.39, 0.29) is 24.2 Å². The summed E-state index contributed by atoms with van der Waals surface area (Å²) in [5.41, 5.74) is 0.287. The minimum atomic E-state index is -0.946. The SMILES string of the molecule is CC(C)CC(COc1ccc2c3ccncc3c(=O)n(C3CC3)c2c1)N(C(=O)O)C(C)(C)C. The van der Waals surface area contributed by atoms with Gasteiger partial charge in [0.2, 0.25) is 0 Å². The standard InChI is InChI=1S/C26H33N3O4/c1-16(2)12-18(29(25(31)32)26(3,4)5)15-33-19-8-9-21-20-10-11-27-14-22(20)24(30)28(17-6-7-17)23(21)13-19/h8-11,13-14,16-18H,6-7,12,15H2,1-5H3,(H,31,32). The molecule has 1 amide bonds. The van der Waals surface area contributed by atoms with Gasteiger partial charge in [-0.2, -0.15) is 0 Å². The van der Waals surface area contributed by atoms with Crippen molar-refractivity contribution in [2.45, 2.75) is 71.5 Å². The summed E-state index contributed by atoms with van der Waals surface area (Å²) in [6.45, 7) is 10.1. The maximum absolute atomic E-state index is 13.2. The Bertz CT molecular complexity index is 1240. The molecule has 0 saturated heterocycles. The second kappa shape index (κ2) is 8.69. The maximum Gasteiger partial charge on any atom is 0.408 e. The van der Waals surface area contributed by atoms with Crippen molar-refractivity contribution in [3.8, 4) is 5.75 Å². The van der Waals surface area contributed by atoms with Crippen LogP contribution in [0.15, 0.2) is 41.5 Å². The average Bonchev–Trinajstić information content (AvgIpc) is 3.55. The van der Waals surface area contributed by atoms with E-state index in [1.807, 2.05) is 49.6 Å². The van der Waals surface area contributed by atoms with E-state index >= 15 is 0 Å². The van der Waals surface area contributed by atoms with Gasteiger partial charge in [-0.3, -0.25) is 14.7 Å². The van der Waals surface area contributed by atoms with Gasteiger partial charge in [-0.15, -0.1) is 0 Å². The van der Waals surface area contributed by atoms with Crippen molar-refractivity contribution in [1.29, 1.82) is 0 Å². The van der Waals surface area contributed by atoms with Gasteiger partial charge < -0.3 is 14.4 Å². The number of nitrogens with zero attached hydrogens (tertiary/aromatic N) is 3. The van der Waals surface area contributed by atoms with E-state index in [1.54, 1.807) is 12.4 Å². The molecule has 1 aliphatic rings. The molecule has 4 rings (SSSR count). The lowest BCUT2D eigenvalue weighted by molar-refractivity contribution is 0.0434. The quantitative estimate of drug-likeness (QED) is 0.483. The third-order valence-electron chi connectivity index (χ3n) is 6.18. The van der Waals surface area contributed by atoms with Crippen LogP contribution in [0.4, 0.5) is 4.79 Å². The molecule has 7 nitrogen and oxygen atoms in total. The molecule has 1 aromatic carbocycles. The molecule has 1 fully saturated rings. The summed E-state index contributed by atoms with van der Waals surface area (Å²) in [5, 5.41) is 12.4. The van der Waals surface area contributed by atoms with Gasteiger partial charge in [0.25, 0.3) is 5.56 Å². The van der Waals surface area contributed by atoms with Crippen LogP contribution in [-0.4, -0.2) is 43.8 Å². The minimum Gasteiger partial charge on any atom is -0.491 e. The first-order chi connectivity index (χ1) is 15.6. The molecule has 2 heterocycles. The van der Waals surface area contributed by atoms with E-state index in [9.17, 15) is 14.7 Å². The van der Waals surface area contributed by atoms with Crippen molar-refractivity contribution in [2.75, 3.05) is 6.61 Å². The largest absolute Gasteiger partial charge is 0.491 e. The summed E-state index contributed by atoms with van der Waals surface area (Å²) >= 11 is 0. The number of carboxylic acid groups (broad SMARTS) is 1. The predicted octanol–water partition coefficient (Wildman–Crippen LogP) is 5.46. The van der Waals surface area contributed by atoms with Gasteiger partial charge >= 0.3 is 6.09 Å². The van der Waals surface area contributed by atoms with E-state index in [2.05, 4.69) is 18.8 Å². The molecule has 1 unspecified atom stereocenters. The van der Waals surface area contributed by atoms with Crippen molar-refractivity contribution in [3.63, 3.8) is 0 Å². The maximum atomic E-state index is 13.2. The molecule has 0 bridgehead atoms. The first-order valence-corrected chi connectivity index (χ1v) is 11.6. The molecule has 3 aromatic rings. The van der Waals surface area contributed by atoms with Crippen LogP contribution in [0.2, 0.25) is 0 Å². The van der Waals surface area contributed by atoms with Crippen LogP contribution >= 0.6 is 0 Å². The predicted molar refractivity (Wildman–Crippen MR) is 130 cm³/mol. The van der Waals surface area contributed by atoms with Crippen LogP contribution in [0.25, 0.3) is 21.7 Å². The van der Waals surface area contributed by atoms with E-state index in [0.29, 0.717) is 23.5 Å². The number of carbonyl (C=O) groups is 1. The Morgan fingerprint density at radius 2 is 1.94 bits per heavy atom. The molecule has 2 aromatic heterocycles. The number of hydrogen-bond acceptors (Lipinski definition) is 4. The third kappa shape index (κ3) is 4.68. The normalized spacial score (nSPS) is 15.2. The van der Waals surface area contributed by atoms with Gasteiger partial charge in [-0.1, -0.05) is 13.8 Å². The molecule has 0 spiro atoms. The summed E-state index contributed by atoms with van der Waals surface area (Å²) < 4.78 is 8.05. The van der Waals surface area contributed by atoms with Crippen molar-refractivity contribution in [2.24, 2.45) is 5.92 Å².